The molecule has 0 aliphatic carbocycles. The average Bonchev–Trinajstić information content (AvgIpc) is 2.64. The van der Waals surface area contributed by atoms with Crippen molar-refractivity contribution in [2.45, 2.75) is 31.4 Å². The Balaban J connectivity index is 2.14. The van der Waals surface area contributed by atoms with E-state index in [2.05, 4.69) is 5.32 Å². The quantitative estimate of drug-likeness (QED) is 0.392. The SMILES string of the molecule is NC(=O)C[C@H](NC(=O)c1c(Cl)cc(C(O)CCc2cccc(O)c2)cc1Cl)C(=O)O. The van der Waals surface area contributed by atoms with E-state index in [0.29, 0.717) is 18.4 Å². The molecule has 2 aromatic carbocycles. The molecule has 0 bridgehead atoms. The molecule has 0 fully saturated rings. The second kappa shape index (κ2) is 10.3. The maximum atomic E-state index is 12.4. The Kier molecular flexibility index (Phi) is 8.05. The fraction of sp³-hybridized carbons (Fsp3) is 0.250. The Morgan fingerprint density at radius 1 is 1.10 bits per heavy atom. The van der Waals surface area contributed by atoms with Crippen LogP contribution < -0.4 is 11.1 Å². The van der Waals surface area contributed by atoms with E-state index in [0.717, 1.165) is 5.56 Å². The first-order valence-electron chi connectivity index (χ1n) is 8.85. The van der Waals surface area contributed by atoms with E-state index in [1.165, 1.54) is 12.1 Å². The molecule has 160 valence electrons. The standard InChI is InChI=1S/C20H20Cl2N2O6/c21-13-7-11(16(26)5-4-10-2-1-3-12(25)6-10)8-14(22)18(13)19(28)24-15(20(29)30)9-17(23)27/h1-3,6-8,15-16,25-26H,4-5,9H2,(H2,23,27)(H,24,28)(H,29,30)/t15-,16?/m0/s1. The van der Waals surface area contributed by atoms with Gasteiger partial charge in [-0.05, 0) is 48.2 Å². The van der Waals surface area contributed by atoms with Crippen LogP contribution in [0.1, 0.15) is 40.4 Å². The van der Waals surface area contributed by atoms with Crippen molar-refractivity contribution in [3.8, 4) is 5.75 Å². The Bertz CT molecular complexity index is 943. The minimum Gasteiger partial charge on any atom is -0.508 e. The second-order valence-electron chi connectivity index (χ2n) is 6.62. The number of benzene rings is 2. The third-order valence-electron chi connectivity index (χ3n) is 4.30. The Hall–Kier alpha value is -2.81. The molecule has 8 nitrogen and oxygen atoms in total. The summed E-state index contributed by atoms with van der Waals surface area (Å²) in [7, 11) is 0. The number of primary amides is 1. The van der Waals surface area contributed by atoms with Crippen molar-refractivity contribution >= 4 is 41.0 Å². The Morgan fingerprint density at radius 3 is 2.27 bits per heavy atom. The molecule has 2 atom stereocenters. The van der Waals surface area contributed by atoms with Gasteiger partial charge in [-0.15, -0.1) is 0 Å². The number of aliphatic carboxylic acids is 1. The monoisotopic (exact) mass is 454 g/mol. The minimum absolute atomic E-state index is 0.0883. The van der Waals surface area contributed by atoms with Gasteiger partial charge < -0.3 is 26.4 Å². The van der Waals surface area contributed by atoms with E-state index in [4.69, 9.17) is 34.0 Å². The van der Waals surface area contributed by atoms with Crippen molar-refractivity contribution < 1.29 is 29.7 Å². The fourth-order valence-electron chi connectivity index (χ4n) is 2.82. The van der Waals surface area contributed by atoms with Gasteiger partial charge in [-0.2, -0.15) is 0 Å². The second-order valence-corrected chi connectivity index (χ2v) is 7.43. The van der Waals surface area contributed by atoms with E-state index in [9.17, 15) is 24.6 Å². The molecule has 0 spiro atoms. The molecule has 2 aromatic rings. The van der Waals surface area contributed by atoms with Crippen LogP contribution in [0.3, 0.4) is 0 Å². The lowest BCUT2D eigenvalue weighted by Crippen LogP contribution is -2.43. The van der Waals surface area contributed by atoms with Crippen LogP contribution in [0.25, 0.3) is 0 Å². The summed E-state index contributed by atoms with van der Waals surface area (Å²) in [5.74, 6) is -3.10. The molecular weight excluding hydrogens is 435 g/mol. The number of aryl methyl sites for hydroxylation is 1. The number of carboxylic acid groups (broad SMARTS) is 1. The maximum Gasteiger partial charge on any atom is 0.326 e. The summed E-state index contributed by atoms with van der Waals surface area (Å²) in [5, 5.41) is 31.0. The lowest BCUT2D eigenvalue weighted by molar-refractivity contribution is -0.140. The van der Waals surface area contributed by atoms with E-state index >= 15 is 0 Å². The molecule has 0 radical (unpaired) electrons. The average molecular weight is 455 g/mol. The van der Waals surface area contributed by atoms with Crippen LogP contribution >= 0.6 is 23.2 Å². The van der Waals surface area contributed by atoms with Crippen molar-refractivity contribution in [1.82, 2.24) is 5.32 Å². The normalized spacial score (nSPS) is 12.8. The Morgan fingerprint density at radius 2 is 1.73 bits per heavy atom. The molecular formula is C20H20Cl2N2O6. The number of aromatic hydroxyl groups is 1. The minimum atomic E-state index is -1.53. The number of aliphatic hydroxyl groups is 1. The van der Waals surface area contributed by atoms with Gasteiger partial charge in [0.15, 0.2) is 0 Å². The first kappa shape index (κ1) is 23.5. The largest absolute Gasteiger partial charge is 0.508 e. The summed E-state index contributed by atoms with van der Waals surface area (Å²) in [6.45, 7) is 0. The zero-order valence-electron chi connectivity index (χ0n) is 15.6. The molecule has 30 heavy (non-hydrogen) atoms. The third-order valence-corrected chi connectivity index (χ3v) is 4.90. The molecule has 6 N–H and O–H groups in total. The van der Waals surface area contributed by atoms with Crippen LogP contribution in [0, 0.1) is 0 Å². The van der Waals surface area contributed by atoms with Crippen molar-refractivity contribution in [1.29, 1.82) is 0 Å². The van der Waals surface area contributed by atoms with Crippen molar-refractivity contribution in [2.75, 3.05) is 0 Å². The molecule has 0 saturated carbocycles. The fourth-order valence-corrected chi connectivity index (χ4v) is 3.49. The van der Waals surface area contributed by atoms with Gasteiger partial charge >= 0.3 is 5.97 Å². The van der Waals surface area contributed by atoms with Crippen molar-refractivity contribution in [3.05, 3.63) is 63.1 Å². The zero-order chi connectivity index (χ0) is 22.4. The van der Waals surface area contributed by atoms with Gasteiger partial charge in [0.1, 0.15) is 11.8 Å². The van der Waals surface area contributed by atoms with Crippen LogP contribution in [-0.4, -0.2) is 39.1 Å². The summed E-state index contributed by atoms with van der Waals surface area (Å²) in [6, 6.07) is 7.83. The molecule has 0 saturated heterocycles. The first-order valence-corrected chi connectivity index (χ1v) is 9.61. The van der Waals surface area contributed by atoms with Gasteiger partial charge in [-0.1, -0.05) is 35.3 Å². The van der Waals surface area contributed by atoms with Gasteiger partial charge in [-0.25, -0.2) is 4.79 Å². The summed E-state index contributed by atoms with van der Waals surface area (Å²) >= 11 is 12.3. The molecule has 2 rings (SSSR count). The molecule has 0 aromatic heterocycles. The van der Waals surface area contributed by atoms with Crippen LogP contribution in [0.2, 0.25) is 10.0 Å². The molecule has 0 aliphatic heterocycles. The number of rotatable bonds is 9. The number of nitrogens with one attached hydrogen (secondary N) is 1. The highest BCUT2D eigenvalue weighted by Gasteiger charge is 2.26. The lowest BCUT2D eigenvalue weighted by Gasteiger charge is -2.17. The number of phenols is 1. The zero-order valence-corrected chi connectivity index (χ0v) is 17.2. The smallest absolute Gasteiger partial charge is 0.326 e. The number of aliphatic hydroxyl groups excluding tert-OH is 1. The predicted molar refractivity (Wildman–Crippen MR) is 111 cm³/mol. The lowest BCUT2D eigenvalue weighted by atomic mass is 9.99. The molecule has 1 unspecified atom stereocenters. The summed E-state index contributed by atoms with van der Waals surface area (Å²) in [4.78, 5) is 34.6. The number of hydrogen-bond donors (Lipinski definition) is 5. The van der Waals surface area contributed by atoms with Crippen LogP contribution in [0.4, 0.5) is 0 Å². The number of phenolic OH excluding ortho intramolecular Hbond substituents is 1. The highest BCUT2D eigenvalue weighted by Crippen LogP contribution is 2.31. The summed E-state index contributed by atoms with van der Waals surface area (Å²) in [6.07, 6.45) is -0.759. The molecule has 2 amide bonds. The summed E-state index contributed by atoms with van der Waals surface area (Å²) < 4.78 is 0. The van der Waals surface area contributed by atoms with E-state index in [1.54, 1.807) is 18.2 Å². The molecule has 0 aliphatic rings. The number of carbonyl (C=O) groups is 3. The topological polar surface area (TPSA) is 150 Å². The highest BCUT2D eigenvalue weighted by atomic mass is 35.5. The van der Waals surface area contributed by atoms with Gasteiger partial charge in [0.2, 0.25) is 5.91 Å². The number of carbonyl (C=O) groups excluding carboxylic acids is 2. The van der Waals surface area contributed by atoms with Crippen molar-refractivity contribution in [2.24, 2.45) is 5.73 Å². The van der Waals surface area contributed by atoms with Crippen molar-refractivity contribution in [3.63, 3.8) is 0 Å². The van der Waals surface area contributed by atoms with Crippen LogP contribution in [-0.2, 0) is 16.0 Å². The molecule has 10 heteroatoms. The summed E-state index contributed by atoms with van der Waals surface area (Å²) in [5.41, 5.74) is 6.01. The van der Waals surface area contributed by atoms with Crippen LogP contribution in [0.15, 0.2) is 36.4 Å². The first-order chi connectivity index (χ1) is 14.1. The third kappa shape index (κ3) is 6.35. The number of halogens is 2. The number of hydrogen-bond acceptors (Lipinski definition) is 5. The molecule has 0 heterocycles. The van der Waals surface area contributed by atoms with Gasteiger partial charge in [0, 0.05) is 0 Å². The predicted octanol–water partition coefficient (Wildman–Crippen LogP) is 2.42. The maximum absolute atomic E-state index is 12.4. The number of amides is 2. The van der Waals surface area contributed by atoms with E-state index in [-0.39, 0.29) is 21.4 Å². The van der Waals surface area contributed by atoms with Gasteiger partial charge in [0.25, 0.3) is 5.91 Å². The van der Waals surface area contributed by atoms with Gasteiger partial charge in [-0.3, -0.25) is 9.59 Å². The van der Waals surface area contributed by atoms with E-state index in [1.807, 2.05) is 6.07 Å². The number of nitrogens with two attached hydrogens (primary N) is 1. The number of carboxylic acids is 1. The van der Waals surface area contributed by atoms with E-state index < -0.39 is 36.4 Å². The van der Waals surface area contributed by atoms with Gasteiger partial charge in [0.05, 0.1) is 28.1 Å². The van der Waals surface area contributed by atoms with Crippen LogP contribution in [0.5, 0.6) is 5.75 Å². The highest BCUT2D eigenvalue weighted by molar-refractivity contribution is 6.39. The Labute approximate surface area is 182 Å².